The number of thiazole rings is 1. The molecule has 23 heavy (non-hydrogen) atoms. The van der Waals surface area contributed by atoms with E-state index in [9.17, 15) is 9.59 Å². The number of nitrogens with one attached hydrogen (secondary N) is 1. The van der Waals surface area contributed by atoms with Gasteiger partial charge in [-0.25, -0.2) is 9.78 Å². The van der Waals surface area contributed by atoms with E-state index in [2.05, 4.69) is 15.0 Å². The molecular weight excluding hydrogens is 314 g/mol. The summed E-state index contributed by atoms with van der Waals surface area (Å²) in [6.45, 7) is 0. The summed E-state index contributed by atoms with van der Waals surface area (Å²) in [6, 6.07) is 11.8. The number of methoxy groups -OCH3 is 1. The molecule has 0 bridgehead atoms. The van der Waals surface area contributed by atoms with Crippen LogP contribution in [0.1, 0.15) is 20.7 Å². The number of carbonyl (C=O) groups is 2. The molecule has 0 saturated heterocycles. The quantitative estimate of drug-likeness (QED) is 0.570. The molecule has 3 N–H and O–H groups in total. The lowest BCUT2D eigenvalue weighted by Gasteiger charge is -2.04. The molecule has 0 aliphatic carbocycles. The molecule has 6 nitrogen and oxygen atoms in total. The Labute approximate surface area is 135 Å². The van der Waals surface area contributed by atoms with Gasteiger partial charge in [-0.1, -0.05) is 23.5 Å². The standard InChI is InChI=1S/C16H13N3O3S/c1-22-15(21)9-6-7-12-13(8-9)23-16(18-12)19-14(20)10-4-2-3-5-11(10)17/h2-8H,17H2,1H3,(H,18,19,20). The summed E-state index contributed by atoms with van der Waals surface area (Å²) in [5.74, 6) is -0.738. The number of anilines is 2. The topological polar surface area (TPSA) is 94.3 Å². The first-order chi connectivity index (χ1) is 11.1. The van der Waals surface area contributed by atoms with Gasteiger partial charge in [-0.2, -0.15) is 0 Å². The van der Waals surface area contributed by atoms with Crippen molar-refractivity contribution >= 4 is 44.2 Å². The lowest BCUT2D eigenvalue weighted by molar-refractivity contribution is 0.0601. The number of aromatic nitrogens is 1. The zero-order valence-corrected chi connectivity index (χ0v) is 13.0. The number of amides is 1. The molecule has 7 heteroatoms. The molecule has 0 saturated carbocycles. The number of nitrogen functional groups attached to an aromatic ring is 1. The summed E-state index contributed by atoms with van der Waals surface area (Å²) in [6.07, 6.45) is 0. The van der Waals surface area contributed by atoms with Crippen molar-refractivity contribution in [3.63, 3.8) is 0 Å². The van der Waals surface area contributed by atoms with E-state index in [4.69, 9.17) is 5.73 Å². The zero-order chi connectivity index (χ0) is 16.4. The van der Waals surface area contributed by atoms with Gasteiger partial charge in [0.05, 0.1) is 28.5 Å². The smallest absolute Gasteiger partial charge is 0.337 e. The van der Waals surface area contributed by atoms with Crippen LogP contribution in [0.4, 0.5) is 10.8 Å². The Balaban J connectivity index is 1.88. The van der Waals surface area contributed by atoms with Crippen LogP contribution in [0.15, 0.2) is 42.5 Å². The molecule has 1 heterocycles. The highest BCUT2D eigenvalue weighted by molar-refractivity contribution is 7.22. The highest BCUT2D eigenvalue weighted by Gasteiger charge is 2.13. The van der Waals surface area contributed by atoms with Crippen molar-refractivity contribution in [2.24, 2.45) is 0 Å². The molecule has 0 atom stereocenters. The number of hydrogen-bond donors (Lipinski definition) is 2. The zero-order valence-electron chi connectivity index (χ0n) is 12.2. The van der Waals surface area contributed by atoms with Crippen molar-refractivity contribution in [2.75, 3.05) is 18.2 Å². The maximum Gasteiger partial charge on any atom is 0.337 e. The lowest BCUT2D eigenvalue weighted by atomic mass is 10.2. The minimum Gasteiger partial charge on any atom is -0.465 e. The molecule has 3 aromatic rings. The van der Waals surface area contributed by atoms with Gasteiger partial charge in [0.2, 0.25) is 0 Å². The summed E-state index contributed by atoms with van der Waals surface area (Å²) in [5, 5.41) is 3.16. The van der Waals surface area contributed by atoms with Gasteiger partial charge in [0.1, 0.15) is 0 Å². The SMILES string of the molecule is COC(=O)c1ccc2nc(NC(=O)c3ccccc3N)sc2c1. The Morgan fingerprint density at radius 3 is 2.74 bits per heavy atom. The van der Waals surface area contributed by atoms with Crippen molar-refractivity contribution in [2.45, 2.75) is 0 Å². The van der Waals surface area contributed by atoms with Crippen molar-refractivity contribution in [3.8, 4) is 0 Å². The van der Waals surface area contributed by atoms with Crippen LogP contribution in [0.3, 0.4) is 0 Å². The number of esters is 1. The predicted molar refractivity (Wildman–Crippen MR) is 89.8 cm³/mol. The molecular formula is C16H13N3O3S. The van der Waals surface area contributed by atoms with E-state index in [0.29, 0.717) is 27.5 Å². The molecule has 1 amide bonds. The van der Waals surface area contributed by atoms with Crippen LogP contribution in [0.2, 0.25) is 0 Å². The van der Waals surface area contributed by atoms with E-state index in [1.807, 2.05) is 0 Å². The fourth-order valence-corrected chi connectivity index (χ4v) is 2.99. The maximum absolute atomic E-state index is 12.2. The first-order valence-electron chi connectivity index (χ1n) is 6.73. The van der Waals surface area contributed by atoms with Crippen LogP contribution in [-0.4, -0.2) is 24.0 Å². The van der Waals surface area contributed by atoms with Crippen LogP contribution in [0, 0.1) is 0 Å². The van der Waals surface area contributed by atoms with Gasteiger partial charge in [0.25, 0.3) is 5.91 Å². The third kappa shape index (κ3) is 3.00. The molecule has 0 aliphatic rings. The van der Waals surface area contributed by atoms with Gasteiger partial charge in [-0.3, -0.25) is 10.1 Å². The summed E-state index contributed by atoms with van der Waals surface area (Å²) >= 11 is 1.28. The monoisotopic (exact) mass is 327 g/mol. The number of hydrogen-bond acceptors (Lipinski definition) is 6. The minimum absolute atomic E-state index is 0.324. The number of fused-ring (bicyclic) bond motifs is 1. The molecule has 116 valence electrons. The normalized spacial score (nSPS) is 10.5. The summed E-state index contributed by atoms with van der Waals surface area (Å²) in [4.78, 5) is 28.1. The van der Waals surface area contributed by atoms with Gasteiger partial charge < -0.3 is 10.5 Å². The van der Waals surface area contributed by atoms with Gasteiger partial charge in [-0.15, -0.1) is 0 Å². The van der Waals surface area contributed by atoms with Gasteiger partial charge in [0.15, 0.2) is 5.13 Å². The number of benzene rings is 2. The highest BCUT2D eigenvalue weighted by atomic mass is 32.1. The Morgan fingerprint density at radius 2 is 2.00 bits per heavy atom. The average Bonchev–Trinajstić information content (AvgIpc) is 2.95. The Bertz CT molecular complexity index is 904. The third-order valence-electron chi connectivity index (χ3n) is 3.24. The van der Waals surface area contributed by atoms with Gasteiger partial charge in [-0.05, 0) is 30.3 Å². The second-order valence-corrected chi connectivity index (χ2v) is 5.77. The Kier molecular flexibility index (Phi) is 3.94. The lowest BCUT2D eigenvalue weighted by Crippen LogP contribution is -2.13. The fraction of sp³-hybridized carbons (Fsp3) is 0.0625. The van der Waals surface area contributed by atoms with Crippen molar-refractivity contribution in [1.82, 2.24) is 4.98 Å². The number of carbonyl (C=O) groups excluding carboxylic acids is 2. The summed E-state index contributed by atoms with van der Waals surface area (Å²) in [5.41, 5.74) is 7.71. The molecule has 0 aliphatic heterocycles. The van der Waals surface area contributed by atoms with E-state index >= 15 is 0 Å². The fourth-order valence-electron chi connectivity index (χ4n) is 2.09. The number of para-hydroxylation sites is 1. The van der Waals surface area contributed by atoms with Gasteiger partial charge in [0, 0.05) is 5.69 Å². The molecule has 0 radical (unpaired) electrons. The molecule has 0 fully saturated rings. The molecule has 1 aromatic heterocycles. The van der Waals surface area contributed by atoms with Crippen molar-refractivity contribution < 1.29 is 14.3 Å². The van der Waals surface area contributed by atoms with Crippen LogP contribution in [0.5, 0.6) is 0 Å². The Hall–Kier alpha value is -2.93. The van der Waals surface area contributed by atoms with E-state index in [-0.39, 0.29) is 5.91 Å². The average molecular weight is 327 g/mol. The van der Waals surface area contributed by atoms with Crippen LogP contribution in [-0.2, 0) is 4.74 Å². The largest absolute Gasteiger partial charge is 0.465 e. The number of ether oxygens (including phenoxy) is 1. The molecule has 0 spiro atoms. The number of nitrogens with two attached hydrogens (primary N) is 1. The van der Waals surface area contributed by atoms with Crippen LogP contribution < -0.4 is 11.1 Å². The van der Waals surface area contributed by atoms with E-state index in [1.165, 1.54) is 18.4 Å². The third-order valence-corrected chi connectivity index (χ3v) is 4.17. The molecule has 3 rings (SSSR count). The maximum atomic E-state index is 12.2. The van der Waals surface area contributed by atoms with Crippen LogP contribution in [0.25, 0.3) is 10.2 Å². The van der Waals surface area contributed by atoms with E-state index in [1.54, 1.807) is 42.5 Å². The first kappa shape index (κ1) is 15.0. The predicted octanol–water partition coefficient (Wildman–Crippen LogP) is 2.92. The first-order valence-corrected chi connectivity index (χ1v) is 7.55. The van der Waals surface area contributed by atoms with Gasteiger partial charge >= 0.3 is 5.97 Å². The Morgan fingerprint density at radius 1 is 1.22 bits per heavy atom. The highest BCUT2D eigenvalue weighted by Crippen LogP contribution is 2.27. The summed E-state index contributed by atoms with van der Waals surface area (Å²) < 4.78 is 5.47. The second-order valence-electron chi connectivity index (χ2n) is 4.73. The van der Waals surface area contributed by atoms with Crippen molar-refractivity contribution in [3.05, 3.63) is 53.6 Å². The minimum atomic E-state index is -0.414. The number of rotatable bonds is 3. The van der Waals surface area contributed by atoms with Crippen LogP contribution >= 0.6 is 11.3 Å². The van der Waals surface area contributed by atoms with E-state index in [0.717, 1.165) is 4.70 Å². The second kappa shape index (κ2) is 6.05. The van der Waals surface area contributed by atoms with Crippen molar-refractivity contribution in [1.29, 1.82) is 0 Å². The van der Waals surface area contributed by atoms with E-state index < -0.39 is 5.97 Å². The number of nitrogens with zero attached hydrogens (tertiary/aromatic N) is 1. The molecule has 0 unspecified atom stereocenters. The molecule has 2 aromatic carbocycles. The summed E-state index contributed by atoms with van der Waals surface area (Å²) in [7, 11) is 1.33.